The van der Waals surface area contributed by atoms with Gasteiger partial charge in [0.25, 0.3) is 0 Å². The van der Waals surface area contributed by atoms with Gasteiger partial charge in [-0.3, -0.25) is 4.98 Å². The fraction of sp³-hybridized carbons (Fsp3) is 0.417. The van der Waals surface area contributed by atoms with Crippen molar-refractivity contribution in [3.63, 3.8) is 0 Å². The molecule has 0 atom stereocenters. The Morgan fingerprint density at radius 3 is 2.57 bits per heavy atom. The minimum atomic E-state index is 1.25. The molecule has 0 unspecified atom stereocenters. The minimum absolute atomic E-state index is 1.25. The van der Waals surface area contributed by atoms with E-state index in [1.54, 1.807) is 0 Å². The molecule has 14 heavy (non-hydrogen) atoms. The van der Waals surface area contributed by atoms with Gasteiger partial charge in [0.2, 0.25) is 0 Å². The first-order chi connectivity index (χ1) is 6.70. The van der Waals surface area contributed by atoms with Gasteiger partial charge in [-0.05, 0) is 18.6 Å². The van der Waals surface area contributed by atoms with Crippen LogP contribution in [-0.4, -0.2) is 9.55 Å². The first kappa shape index (κ1) is 10.8. The van der Waals surface area contributed by atoms with Crippen LogP contribution >= 0.6 is 0 Å². The predicted octanol–water partition coefficient (Wildman–Crippen LogP) is 3.30. The summed E-state index contributed by atoms with van der Waals surface area (Å²) in [4.78, 5) is 4.07. The Hall–Kier alpha value is -1.31. The summed E-state index contributed by atoms with van der Waals surface area (Å²) < 4.78 is 2.12. The molecule has 0 fully saturated rings. The molecule has 2 aromatic rings. The van der Waals surface area contributed by atoms with Crippen molar-refractivity contribution in [1.82, 2.24) is 9.55 Å². The lowest BCUT2D eigenvalue weighted by atomic mass is 10.2. The Labute approximate surface area is 85.6 Å². The van der Waals surface area contributed by atoms with Crippen LogP contribution in [0, 0.1) is 6.92 Å². The number of rotatable bonds is 0. The summed E-state index contributed by atoms with van der Waals surface area (Å²) in [5, 5.41) is 1.25. The maximum absolute atomic E-state index is 4.07. The van der Waals surface area contributed by atoms with Crippen LogP contribution in [0.5, 0.6) is 0 Å². The summed E-state index contributed by atoms with van der Waals surface area (Å²) in [6.45, 7) is 6.35. The zero-order chi connectivity index (χ0) is 10.6. The molecule has 2 heterocycles. The summed E-state index contributed by atoms with van der Waals surface area (Å²) in [6.07, 6.45) is 7.10. The predicted molar refractivity (Wildman–Crippen MR) is 61.4 cm³/mol. The van der Waals surface area contributed by atoms with E-state index in [1.165, 1.54) is 22.9 Å². The Morgan fingerprint density at radius 2 is 2.00 bits per heavy atom. The second kappa shape index (κ2) is 4.80. The molecule has 0 aliphatic heterocycles. The standard InChI is InChI=1S/C9H10N2.C3H8/c1-7-6-11(2)9-3-4-10-5-8(7)9;1-3-2/h3-6H,1-2H3;3H2,1-2H3. The van der Waals surface area contributed by atoms with Gasteiger partial charge in [-0.2, -0.15) is 0 Å². The zero-order valence-corrected chi connectivity index (χ0v) is 9.41. The first-order valence-corrected chi connectivity index (χ1v) is 5.06. The lowest BCUT2D eigenvalue weighted by Crippen LogP contribution is -1.82. The highest BCUT2D eigenvalue weighted by molar-refractivity contribution is 5.82. The highest BCUT2D eigenvalue weighted by Crippen LogP contribution is 2.17. The second-order valence-corrected chi connectivity index (χ2v) is 3.52. The van der Waals surface area contributed by atoms with Crippen LogP contribution in [0.4, 0.5) is 0 Å². The third-order valence-electron chi connectivity index (χ3n) is 1.99. The summed E-state index contributed by atoms with van der Waals surface area (Å²) in [5.74, 6) is 0. The molecule has 2 aromatic heterocycles. The molecule has 0 aromatic carbocycles. The van der Waals surface area contributed by atoms with Crippen molar-refractivity contribution in [3.05, 3.63) is 30.2 Å². The molecular weight excluding hydrogens is 172 g/mol. The van der Waals surface area contributed by atoms with Crippen LogP contribution in [0.3, 0.4) is 0 Å². The fourth-order valence-corrected chi connectivity index (χ4v) is 1.43. The number of hydrogen-bond acceptors (Lipinski definition) is 1. The monoisotopic (exact) mass is 190 g/mol. The van der Waals surface area contributed by atoms with E-state index in [0.717, 1.165) is 0 Å². The number of nitrogens with zero attached hydrogens (tertiary/aromatic N) is 2. The van der Waals surface area contributed by atoms with E-state index >= 15 is 0 Å². The SMILES string of the molecule is CCC.Cc1cn(C)c2ccncc12. The Morgan fingerprint density at radius 1 is 1.36 bits per heavy atom. The average molecular weight is 190 g/mol. The Balaban J connectivity index is 0.000000293. The molecule has 0 radical (unpaired) electrons. The third kappa shape index (κ3) is 2.13. The fourth-order valence-electron chi connectivity index (χ4n) is 1.43. The topological polar surface area (TPSA) is 17.8 Å². The van der Waals surface area contributed by atoms with Crippen molar-refractivity contribution >= 4 is 10.9 Å². The molecule has 0 spiro atoms. The zero-order valence-electron chi connectivity index (χ0n) is 9.41. The van der Waals surface area contributed by atoms with Crippen molar-refractivity contribution in [2.75, 3.05) is 0 Å². The number of hydrogen-bond donors (Lipinski definition) is 0. The van der Waals surface area contributed by atoms with Crippen molar-refractivity contribution in [3.8, 4) is 0 Å². The summed E-state index contributed by atoms with van der Waals surface area (Å²) in [5.41, 5.74) is 2.54. The Kier molecular flexibility index (Phi) is 3.69. The number of pyridine rings is 1. The van der Waals surface area contributed by atoms with E-state index in [9.17, 15) is 0 Å². The Bertz CT molecular complexity index is 366. The average Bonchev–Trinajstić information content (AvgIpc) is 2.45. The minimum Gasteiger partial charge on any atom is -0.350 e. The molecule has 0 saturated heterocycles. The van der Waals surface area contributed by atoms with E-state index in [4.69, 9.17) is 0 Å². The van der Waals surface area contributed by atoms with Crippen LogP contribution < -0.4 is 0 Å². The van der Waals surface area contributed by atoms with Gasteiger partial charge in [0, 0.05) is 31.0 Å². The van der Waals surface area contributed by atoms with Gasteiger partial charge < -0.3 is 4.57 Å². The van der Waals surface area contributed by atoms with Crippen molar-refractivity contribution in [2.24, 2.45) is 7.05 Å². The number of fused-ring (bicyclic) bond motifs is 1. The molecular formula is C12H18N2. The largest absolute Gasteiger partial charge is 0.350 e. The lowest BCUT2D eigenvalue weighted by molar-refractivity contribution is 0.963. The molecule has 2 nitrogen and oxygen atoms in total. The van der Waals surface area contributed by atoms with Crippen molar-refractivity contribution in [2.45, 2.75) is 27.2 Å². The van der Waals surface area contributed by atoms with Gasteiger partial charge in [-0.15, -0.1) is 0 Å². The molecule has 0 amide bonds. The van der Waals surface area contributed by atoms with Gasteiger partial charge in [0.05, 0.1) is 5.52 Å². The van der Waals surface area contributed by atoms with Gasteiger partial charge in [-0.1, -0.05) is 20.3 Å². The molecule has 0 aliphatic carbocycles. The molecule has 76 valence electrons. The van der Waals surface area contributed by atoms with Gasteiger partial charge in [-0.25, -0.2) is 0 Å². The van der Waals surface area contributed by atoms with Crippen LogP contribution in [0.2, 0.25) is 0 Å². The van der Waals surface area contributed by atoms with E-state index in [2.05, 4.69) is 43.6 Å². The lowest BCUT2D eigenvalue weighted by Gasteiger charge is -1.92. The summed E-state index contributed by atoms with van der Waals surface area (Å²) in [7, 11) is 2.05. The van der Waals surface area contributed by atoms with Gasteiger partial charge >= 0.3 is 0 Å². The quantitative estimate of drug-likeness (QED) is 0.623. The van der Waals surface area contributed by atoms with Crippen molar-refractivity contribution in [1.29, 1.82) is 0 Å². The van der Waals surface area contributed by atoms with Crippen LogP contribution in [0.15, 0.2) is 24.7 Å². The maximum Gasteiger partial charge on any atom is 0.0511 e. The number of aromatic nitrogens is 2. The normalized spacial score (nSPS) is 9.71. The third-order valence-corrected chi connectivity index (χ3v) is 1.99. The van der Waals surface area contributed by atoms with Crippen LogP contribution in [-0.2, 0) is 7.05 Å². The van der Waals surface area contributed by atoms with E-state index in [0.29, 0.717) is 0 Å². The van der Waals surface area contributed by atoms with Crippen LogP contribution in [0.25, 0.3) is 10.9 Å². The van der Waals surface area contributed by atoms with Crippen LogP contribution in [0.1, 0.15) is 25.8 Å². The molecule has 0 N–H and O–H groups in total. The van der Waals surface area contributed by atoms with Crippen molar-refractivity contribution < 1.29 is 0 Å². The summed E-state index contributed by atoms with van der Waals surface area (Å²) in [6, 6.07) is 2.03. The molecule has 2 heteroatoms. The summed E-state index contributed by atoms with van der Waals surface area (Å²) >= 11 is 0. The van der Waals surface area contributed by atoms with Gasteiger partial charge in [0.15, 0.2) is 0 Å². The highest BCUT2D eigenvalue weighted by Gasteiger charge is 1.99. The number of aryl methyl sites for hydroxylation is 2. The molecule has 0 saturated carbocycles. The molecule has 0 bridgehead atoms. The van der Waals surface area contributed by atoms with E-state index in [1.807, 2.05) is 18.5 Å². The molecule has 0 aliphatic rings. The first-order valence-electron chi connectivity index (χ1n) is 5.06. The van der Waals surface area contributed by atoms with E-state index < -0.39 is 0 Å². The van der Waals surface area contributed by atoms with E-state index in [-0.39, 0.29) is 0 Å². The maximum atomic E-state index is 4.07. The smallest absolute Gasteiger partial charge is 0.0511 e. The highest BCUT2D eigenvalue weighted by atomic mass is 14.9. The second-order valence-electron chi connectivity index (χ2n) is 3.52. The van der Waals surface area contributed by atoms with Gasteiger partial charge in [0.1, 0.15) is 0 Å². The molecule has 2 rings (SSSR count).